The highest BCUT2D eigenvalue weighted by Gasteiger charge is 2.04. The Morgan fingerprint density at radius 2 is 2.00 bits per heavy atom. The van der Waals surface area contributed by atoms with Gasteiger partial charge in [-0.3, -0.25) is 9.78 Å². The molecule has 1 aromatic carbocycles. The van der Waals surface area contributed by atoms with Gasteiger partial charge in [-0.15, -0.1) is 0 Å². The SMILES string of the molecule is C=CC(=O)Nc1cccc(-c2ccc3ncccc3n2)c1. The molecule has 3 rings (SSSR count). The summed E-state index contributed by atoms with van der Waals surface area (Å²) in [6, 6.07) is 15.2. The summed E-state index contributed by atoms with van der Waals surface area (Å²) in [4.78, 5) is 20.2. The van der Waals surface area contributed by atoms with Crippen molar-refractivity contribution in [3.8, 4) is 11.3 Å². The van der Waals surface area contributed by atoms with Gasteiger partial charge in [-0.05, 0) is 42.5 Å². The molecule has 102 valence electrons. The highest BCUT2D eigenvalue weighted by molar-refractivity contribution is 5.99. The number of hydrogen-bond acceptors (Lipinski definition) is 3. The third-order valence-corrected chi connectivity index (χ3v) is 3.07. The molecule has 2 heterocycles. The summed E-state index contributed by atoms with van der Waals surface area (Å²) in [6.07, 6.45) is 2.99. The largest absolute Gasteiger partial charge is 0.323 e. The monoisotopic (exact) mass is 275 g/mol. The molecule has 0 saturated carbocycles. The van der Waals surface area contributed by atoms with Crippen LogP contribution in [0, 0.1) is 0 Å². The normalized spacial score (nSPS) is 10.3. The van der Waals surface area contributed by atoms with Crippen molar-refractivity contribution in [2.75, 3.05) is 5.32 Å². The van der Waals surface area contributed by atoms with Crippen molar-refractivity contribution in [1.82, 2.24) is 9.97 Å². The van der Waals surface area contributed by atoms with E-state index in [1.807, 2.05) is 48.5 Å². The topological polar surface area (TPSA) is 54.9 Å². The van der Waals surface area contributed by atoms with Crippen LogP contribution in [0.4, 0.5) is 5.69 Å². The minimum absolute atomic E-state index is 0.233. The molecule has 0 spiro atoms. The molecule has 0 aliphatic carbocycles. The zero-order chi connectivity index (χ0) is 14.7. The fourth-order valence-electron chi connectivity index (χ4n) is 2.07. The Balaban J connectivity index is 1.99. The van der Waals surface area contributed by atoms with Crippen molar-refractivity contribution in [3.63, 3.8) is 0 Å². The molecule has 0 bridgehead atoms. The van der Waals surface area contributed by atoms with Gasteiger partial charge in [0.25, 0.3) is 0 Å². The first-order valence-corrected chi connectivity index (χ1v) is 6.52. The van der Waals surface area contributed by atoms with Gasteiger partial charge in [0.1, 0.15) is 0 Å². The number of nitrogens with zero attached hydrogens (tertiary/aromatic N) is 2. The van der Waals surface area contributed by atoms with E-state index in [-0.39, 0.29) is 5.91 Å². The smallest absolute Gasteiger partial charge is 0.247 e. The Labute approximate surface area is 122 Å². The molecule has 0 fully saturated rings. The van der Waals surface area contributed by atoms with Crippen molar-refractivity contribution >= 4 is 22.6 Å². The van der Waals surface area contributed by atoms with Gasteiger partial charge in [0.2, 0.25) is 5.91 Å². The lowest BCUT2D eigenvalue weighted by Gasteiger charge is -2.06. The molecule has 0 aliphatic heterocycles. The zero-order valence-electron chi connectivity index (χ0n) is 11.3. The predicted octanol–water partition coefficient (Wildman–Crippen LogP) is 3.42. The van der Waals surface area contributed by atoms with Gasteiger partial charge < -0.3 is 5.32 Å². The average Bonchev–Trinajstić information content (AvgIpc) is 2.54. The minimum atomic E-state index is -0.233. The van der Waals surface area contributed by atoms with E-state index in [9.17, 15) is 4.79 Å². The molecule has 3 aromatic rings. The second-order valence-corrected chi connectivity index (χ2v) is 4.51. The van der Waals surface area contributed by atoms with Crippen LogP contribution in [0.5, 0.6) is 0 Å². The summed E-state index contributed by atoms with van der Waals surface area (Å²) in [7, 11) is 0. The number of fused-ring (bicyclic) bond motifs is 1. The summed E-state index contributed by atoms with van der Waals surface area (Å²) in [5, 5.41) is 2.74. The van der Waals surface area contributed by atoms with Gasteiger partial charge in [-0.1, -0.05) is 18.7 Å². The maximum absolute atomic E-state index is 11.4. The molecule has 1 N–H and O–H groups in total. The molecule has 0 unspecified atom stereocenters. The molecule has 21 heavy (non-hydrogen) atoms. The Bertz CT molecular complexity index is 827. The number of pyridine rings is 2. The van der Waals surface area contributed by atoms with Crippen molar-refractivity contribution in [1.29, 1.82) is 0 Å². The Kier molecular flexibility index (Phi) is 3.43. The highest BCUT2D eigenvalue weighted by Crippen LogP contribution is 2.22. The molecule has 0 atom stereocenters. The molecule has 1 amide bonds. The van der Waals surface area contributed by atoms with Crippen molar-refractivity contribution in [3.05, 3.63) is 67.4 Å². The number of nitrogens with one attached hydrogen (secondary N) is 1. The summed E-state index contributed by atoms with van der Waals surface area (Å²) >= 11 is 0. The van der Waals surface area contributed by atoms with Crippen LogP contribution in [0.15, 0.2) is 67.4 Å². The Morgan fingerprint density at radius 3 is 2.86 bits per heavy atom. The second-order valence-electron chi connectivity index (χ2n) is 4.51. The Morgan fingerprint density at radius 1 is 1.10 bits per heavy atom. The van der Waals surface area contributed by atoms with Crippen LogP contribution in [-0.4, -0.2) is 15.9 Å². The van der Waals surface area contributed by atoms with Gasteiger partial charge >= 0.3 is 0 Å². The van der Waals surface area contributed by atoms with Gasteiger partial charge in [0.15, 0.2) is 0 Å². The maximum atomic E-state index is 11.4. The third kappa shape index (κ3) is 2.79. The van der Waals surface area contributed by atoms with Gasteiger partial charge in [0.05, 0.1) is 16.7 Å². The fraction of sp³-hybridized carbons (Fsp3) is 0. The highest BCUT2D eigenvalue weighted by atomic mass is 16.1. The number of benzene rings is 1. The third-order valence-electron chi connectivity index (χ3n) is 3.07. The van der Waals surface area contributed by atoms with E-state index in [0.29, 0.717) is 5.69 Å². The van der Waals surface area contributed by atoms with Crippen LogP contribution in [0.3, 0.4) is 0 Å². The number of aromatic nitrogens is 2. The lowest BCUT2D eigenvalue weighted by Crippen LogP contribution is -2.07. The van der Waals surface area contributed by atoms with Crippen LogP contribution in [0.2, 0.25) is 0 Å². The number of rotatable bonds is 3. The molecule has 2 aromatic heterocycles. The molecule has 0 radical (unpaired) electrons. The average molecular weight is 275 g/mol. The standard InChI is InChI=1S/C17H13N3O/c1-2-17(21)19-13-6-3-5-12(11-13)14-8-9-15-16(20-14)7-4-10-18-15/h2-11H,1H2,(H,19,21). The molecule has 4 heteroatoms. The first kappa shape index (κ1) is 13.0. The first-order chi connectivity index (χ1) is 10.3. The summed E-state index contributed by atoms with van der Waals surface area (Å²) in [5.74, 6) is -0.233. The number of hydrogen-bond donors (Lipinski definition) is 1. The number of anilines is 1. The van der Waals surface area contributed by atoms with E-state index in [1.54, 1.807) is 6.20 Å². The second kappa shape index (κ2) is 5.54. The van der Waals surface area contributed by atoms with E-state index < -0.39 is 0 Å². The maximum Gasteiger partial charge on any atom is 0.247 e. The molecular formula is C17H13N3O. The van der Waals surface area contributed by atoms with Crippen LogP contribution in [0.1, 0.15) is 0 Å². The van der Waals surface area contributed by atoms with Gasteiger partial charge in [-0.25, -0.2) is 4.98 Å². The van der Waals surface area contributed by atoms with Gasteiger partial charge in [0, 0.05) is 17.4 Å². The summed E-state index contributed by atoms with van der Waals surface area (Å²) < 4.78 is 0. The molecule has 0 saturated heterocycles. The number of carbonyl (C=O) groups excluding carboxylic acids is 1. The zero-order valence-corrected chi connectivity index (χ0v) is 11.3. The van der Waals surface area contributed by atoms with Crippen LogP contribution in [-0.2, 0) is 4.79 Å². The molecular weight excluding hydrogens is 262 g/mol. The lowest BCUT2D eigenvalue weighted by atomic mass is 10.1. The first-order valence-electron chi connectivity index (χ1n) is 6.52. The summed E-state index contributed by atoms with van der Waals surface area (Å²) in [6.45, 7) is 3.44. The Hall–Kier alpha value is -3.01. The number of carbonyl (C=O) groups is 1. The van der Waals surface area contributed by atoms with E-state index >= 15 is 0 Å². The predicted molar refractivity (Wildman–Crippen MR) is 83.8 cm³/mol. The molecule has 4 nitrogen and oxygen atoms in total. The van der Waals surface area contributed by atoms with E-state index in [2.05, 4.69) is 21.9 Å². The van der Waals surface area contributed by atoms with E-state index in [1.165, 1.54) is 6.08 Å². The quantitative estimate of drug-likeness (QED) is 0.745. The van der Waals surface area contributed by atoms with E-state index in [4.69, 9.17) is 0 Å². The minimum Gasteiger partial charge on any atom is -0.323 e. The number of amides is 1. The molecule has 0 aliphatic rings. The van der Waals surface area contributed by atoms with Gasteiger partial charge in [-0.2, -0.15) is 0 Å². The van der Waals surface area contributed by atoms with Crippen molar-refractivity contribution in [2.45, 2.75) is 0 Å². The summed E-state index contributed by atoms with van der Waals surface area (Å²) in [5.41, 5.74) is 4.19. The van der Waals surface area contributed by atoms with Crippen molar-refractivity contribution in [2.24, 2.45) is 0 Å². The van der Waals surface area contributed by atoms with Crippen LogP contribution in [0.25, 0.3) is 22.3 Å². The van der Waals surface area contributed by atoms with Crippen LogP contribution < -0.4 is 5.32 Å². The fourth-order valence-corrected chi connectivity index (χ4v) is 2.07. The van der Waals surface area contributed by atoms with Crippen molar-refractivity contribution < 1.29 is 4.79 Å². The van der Waals surface area contributed by atoms with E-state index in [0.717, 1.165) is 22.3 Å². The lowest BCUT2D eigenvalue weighted by molar-refractivity contribution is -0.111. The van der Waals surface area contributed by atoms with Crippen LogP contribution >= 0.6 is 0 Å².